The van der Waals surface area contributed by atoms with Crippen molar-refractivity contribution in [1.29, 1.82) is 0 Å². The van der Waals surface area contributed by atoms with Crippen LogP contribution in [0, 0.1) is 0 Å². The van der Waals surface area contributed by atoms with Crippen molar-refractivity contribution in [2.45, 2.75) is 51.7 Å². The normalized spacial score (nSPS) is 24.7. The van der Waals surface area contributed by atoms with Crippen LogP contribution in [0.2, 0.25) is 0 Å². The third-order valence-corrected chi connectivity index (χ3v) is 2.45. The molecule has 0 aromatic heterocycles. The van der Waals surface area contributed by atoms with Gasteiger partial charge in [0, 0.05) is 0 Å². The fourth-order valence-corrected chi connectivity index (χ4v) is 1.74. The van der Waals surface area contributed by atoms with E-state index in [1.54, 1.807) is 0 Å². The Kier molecular flexibility index (Phi) is 3.53. The van der Waals surface area contributed by atoms with Crippen LogP contribution in [0.15, 0.2) is 0 Å². The number of piperidine rings is 1. The molecule has 0 spiro atoms. The molecule has 0 aromatic carbocycles. The molecule has 1 rings (SSSR count). The Balaban J connectivity index is 2.50. The van der Waals surface area contributed by atoms with E-state index >= 15 is 0 Å². The Morgan fingerprint density at radius 2 is 2.00 bits per heavy atom. The second kappa shape index (κ2) is 4.30. The van der Waals surface area contributed by atoms with Gasteiger partial charge in [0.2, 0.25) is 0 Å². The van der Waals surface area contributed by atoms with Gasteiger partial charge in [0.1, 0.15) is 11.6 Å². The number of esters is 1. The van der Waals surface area contributed by atoms with Crippen molar-refractivity contribution in [2.24, 2.45) is 0 Å². The number of rotatable bonds is 1. The number of nitrogens with zero attached hydrogens (tertiary/aromatic N) is 1. The quantitative estimate of drug-likeness (QED) is 0.603. The summed E-state index contributed by atoms with van der Waals surface area (Å²) in [6.07, 6.45) is 3.26. The van der Waals surface area contributed by atoms with E-state index in [1.807, 2.05) is 27.8 Å². The van der Waals surface area contributed by atoms with Gasteiger partial charge in [-0.2, -0.15) is 0 Å². The number of likely N-dealkylation sites (N-methyl/N-ethyl adjacent to an activating group) is 1. The topological polar surface area (TPSA) is 29.5 Å². The van der Waals surface area contributed by atoms with Gasteiger partial charge in [-0.25, -0.2) is 0 Å². The highest BCUT2D eigenvalue weighted by Crippen LogP contribution is 2.18. The first-order chi connectivity index (χ1) is 6.40. The van der Waals surface area contributed by atoms with Gasteiger partial charge in [-0.1, -0.05) is 6.42 Å². The largest absolute Gasteiger partial charge is 0.459 e. The van der Waals surface area contributed by atoms with E-state index in [9.17, 15) is 4.79 Å². The maximum atomic E-state index is 11.8. The molecule has 1 heterocycles. The van der Waals surface area contributed by atoms with E-state index in [0.29, 0.717) is 0 Å². The SMILES string of the molecule is CN1CCCC[C@H]1C(=O)OC(C)(C)C. The molecule has 82 valence electrons. The smallest absolute Gasteiger partial charge is 0.323 e. The summed E-state index contributed by atoms with van der Waals surface area (Å²) in [5, 5.41) is 0. The lowest BCUT2D eigenvalue weighted by atomic mass is 10.0. The first-order valence-corrected chi connectivity index (χ1v) is 5.33. The van der Waals surface area contributed by atoms with Gasteiger partial charge in [0.05, 0.1) is 0 Å². The minimum Gasteiger partial charge on any atom is -0.459 e. The monoisotopic (exact) mass is 199 g/mol. The van der Waals surface area contributed by atoms with E-state index in [4.69, 9.17) is 4.74 Å². The average Bonchev–Trinajstić information content (AvgIpc) is 2.01. The van der Waals surface area contributed by atoms with Crippen LogP contribution in [0.1, 0.15) is 40.0 Å². The highest BCUT2D eigenvalue weighted by Gasteiger charge is 2.29. The van der Waals surface area contributed by atoms with Crippen LogP contribution in [-0.4, -0.2) is 36.1 Å². The van der Waals surface area contributed by atoms with E-state index in [2.05, 4.69) is 4.90 Å². The number of carbonyl (C=O) groups excluding carboxylic acids is 1. The van der Waals surface area contributed by atoms with Crippen LogP contribution in [0.4, 0.5) is 0 Å². The number of carbonyl (C=O) groups is 1. The van der Waals surface area contributed by atoms with Crippen LogP contribution < -0.4 is 0 Å². The van der Waals surface area contributed by atoms with Gasteiger partial charge in [0.15, 0.2) is 0 Å². The lowest BCUT2D eigenvalue weighted by Crippen LogP contribution is -2.45. The summed E-state index contributed by atoms with van der Waals surface area (Å²) < 4.78 is 5.37. The third-order valence-electron chi connectivity index (χ3n) is 2.45. The highest BCUT2D eigenvalue weighted by atomic mass is 16.6. The lowest BCUT2D eigenvalue weighted by molar-refractivity contribution is -0.162. The summed E-state index contributed by atoms with van der Waals surface area (Å²) in [5.74, 6) is -0.0697. The van der Waals surface area contributed by atoms with Crippen LogP contribution in [0.5, 0.6) is 0 Å². The van der Waals surface area contributed by atoms with Crippen LogP contribution >= 0.6 is 0 Å². The van der Waals surface area contributed by atoms with Crippen molar-refractivity contribution in [1.82, 2.24) is 4.90 Å². The molecular weight excluding hydrogens is 178 g/mol. The molecule has 0 amide bonds. The third kappa shape index (κ3) is 3.29. The van der Waals surface area contributed by atoms with Gasteiger partial charge in [-0.05, 0) is 47.2 Å². The molecule has 1 aliphatic rings. The Labute approximate surface area is 86.4 Å². The molecule has 1 fully saturated rings. The van der Waals surface area contributed by atoms with Crippen LogP contribution in [0.3, 0.4) is 0 Å². The van der Waals surface area contributed by atoms with Crippen molar-refractivity contribution in [3.63, 3.8) is 0 Å². The highest BCUT2D eigenvalue weighted by molar-refractivity contribution is 5.76. The van der Waals surface area contributed by atoms with Gasteiger partial charge in [-0.3, -0.25) is 9.69 Å². The van der Waals surface area contributed by atoms with Gasteiger partial charge >= 0.3 is 5.97 Å². The Morgan fingerprint density at radius 3 is 2.50 bits per heavy atom. The summed E-state index contributed by atoms with van der Waals surface area (Å²) in [6.45, 7) is 6.74. The van der Waals surface area contributed by atoms with Crippen molar-refractivity contribution in [3.05, 3.63) is 0 Å². The van der Waals surface area contributed by atoms with E-state index in [-0.39, 0.29) is 17.6 Å². The molecule has 0 bridgehead atoms. The first kappa shape index (κ1) is 11.5. The van der Waals surface area contributed by atoms with Crippen LogP contribution in [0.25, 0.3) is 0 Å². The maximum Gasteiger partial charge on any atom is 0.323 e. The number of hydrogen-bond acceptors (Lipinski definition) is 3. The molecular formula is C11H21NO2. The zero-order valence-electron chi connectivity index (χ0n) is 9.67. The molecule has 0 aliphatic carbocycles. The zero-order chi connectivity index (χ0) is 10.8. The standard InChI is InChI=1S/C11H21NO2/c1-11(2,3)14-10(13)9-7-5-6-8-12(9)4/h9H,5-8H2,1-4H3/t9-/m0/s1. The zero-order valence-corrected chi connectivity index (χ0v) is 9.67. The minimum atomic E-state index is -0.366. The fourth-order valence-electron chi connectivity index (χ4n) is 1.74. The van der Waals surface area contributed by atoms with Crippen molar-refractivity contribution in [3.8, 4) is 0 Å². The fraction of sp³-hybridized carbons (Fsp3) is 0.909. The molecule has 1 atom stereocenters. The molecule has 1 aliphatic heterocycles. The van der Waals surface area contributed by atoms with Gasteiger partial charge in [0.25, 0.3) is 0 Å². The van der Waals surface area contributed by atoms with E-state index in [1.165, 1.54) is 6.42 Å². The second-order valence-corrected chi connectivity index (χ2v) is 5.03. The molecule has 0 N–H and O–H groups in total. The van der Waals surface area contributed by atoms with Crippen LogP contribution in [-0.2, 0) is 9.53 Å². The summed E-state index contributed by atoms with van der Waals surface area (Å²) >= 11 is 0. The molecule has 3 heteroatoms. The molecule has 0 radical (unpaired) electrons. The van der Waals surface area contributed by atoms with Gasteiger partial charge in [-0.15, -0.1) is 0 Å². The lowest BCUT2D eigenvalue weighted by Gasteiger charge is -2.32. The van der Waals surface area contributed by atoms with Crippen molar-refractivity contribution < 1.29 is 9.53 Å². The molecule has 0 aromatic rings. The van der Waals surface area contributed by atoms with E-state index < -0.39 is 0 Å². The van der Waals surface area contributed by atoms with Crippen molar-refractivity contribution in [2.75, 3.05) is 13.6 Å². The first-order valence-electron chi connectivity index (χ1n) is 5.33. The summed E-state index contributed by atoms with van der Waals surface area (Å²) in [6, 6.07) is -0.0250. The predicted molar refractivity (Wildman–Crippen MR) is 56.1 cm³/mol. The molecule has 14 heavy (non-hydrogen) atoms. The Bertz CT molecular complexity index is 208. The molecule has 0 saturated carbocycles. The van der Waals surface area contributed by atoms with E-state index in [0.717, 1.165) is 19.4 Å². The average molecular weight is 199 g/mol. The summed E-state index contributed by atoms with van der Waals surface area (Å²) in [5.41, 5.74) is -0.366. The van der Waals surface area contributed by atoms with Crippen molar-refractivity contribution >= 4 is 5.97 Å². The second-order valence-electron chi connectivity index (χ2n) is 5.03. The predicted octanol–water partition coefficient (Wildman–Crippen LogP) is 1.81. The minimum absolute atomic E-state index is 0.0250. The molecule has 1 saturated heterocycles. The summed E-state index contributed by atoms with van der Waals surface area (Å²) in [7, 11) is 1.99. The maximum absolute atomic E-state index is 11.8. The molecule has 0 unspecified atom stereocenters. The number of likely N-dealkylation sites (tertiary alicyclic amines) is 1. The molecule has 3 nitrogen and oxygen atoms in total. The van der Waals surface area contributed by atoms with Gasteiger partial charge < -0.3 is 4.74 Å². The Morgan fingerprint density at radius 1 is 1.36 bits per heavy atom. The Hall–Kier alpha value is -0.570. The number of ether oxygens (including phenoxy) is 1. The number of hydrogen-bond donors (Lipinski definition) is 0. The summed E-state index contributed by atoms with van der Waals surface area (Å²) in [4.78, 5) is 13.9.